The molecule has 0 aliphatic heterocycles. The summed E-state index contributed by atoms with van der Waals surface area (Å²) in [4.78, 5) is 8.37. The molecule has 18 heavy (non-hydrogen) atoms. The van der Waals surface area contributed by atoms with E-state index in [1.165, 1.54) is 0 Å². The lowest BCUT2D eigenvalue weighted by atomic mass is 10.2. The molecule has 0 aromatic carbocycles. The van der Waals surface area contributed by atoms with E-state index >= 15 is 0 Å². The molecule has 0 saturated carbocycles. The van der Waals surface area contributed by atoms with E-state index in [0.717, 1.165) is 22.8 Å². The number of hydrogen-bond acceptors (Lipinski definition) is 4. The first-order chi connectivity index (χ1) is 8.74. The number of thioether (sulfide) groups is 1. The molecule has 0 bridgehead atoms. The molecule has 0 aliphatic rings. The summed E-state index contributed by atoms with van der Waals surface area (Å²) >= 11 is 1.93. The van der Waals surface area contributed by atoms with Crippen LogP contribution >= 0.6 is 11.8 Å². The molecule has 96 valence electrons. The van der Waals surface area contributed by atoms with Crippen molar-refractivity contribution in [1.29, 1.82) is 0 Å². The number of nitrogens with two attached hydrogens (primary N) is 1. The van der Waals surface area contributed by atoms with Gasteiger partial charge >= 0.3 is 0 Å². The molecular weight excluding hydrogens is 244 g/mol. The topological polar surface area (TPSA) is 56.7 Å². The molecule has 0 spiro atoms. The van der Waals surface area contributed by atoms with Crippen LogP contribution in [0.1, 0.15) is 19.9 Å². The van der Waals surface area contributed by atoms with Crippen molar-refractivity contribution < 1.29 is 0 Å². The van der Waals surface area contributed by atoms with E-state index in [1.807, 2.05) is 36.4 Å². The first kappa shape index (κ1) is 13.0. The summed E-state index contributed by atoms with van der Waals surface area (Å²) in [6.07, 6.45) is 5.42. The van der Waals surface area contributed by atoms with Crippen molar-refractivity contribution in [3.63, 3.8) is 0 Å². The molecule has 5 heteroatoms. The lowest BCUT2D eigenvalue weighted by Gasteiger charge is -2.16. The second kappa shape index (κ2) is 5.91. The van der Waals surface area contributed by atoms with Crippen LogP contribution in [-0.2, 0) is 0 Å². The maximum Gasteiger partial charge on any atom is 0.132 e. The predicted octanol–water partition coefficient (Wildman–Crippen LogP) is 2.84. The maximum atomic E-state index is 5.92. The monoisotopic (exact) mass is 262 g/mol. The zero-order chi connectivity index (χ0) is 13.0. The third-order valence-corrected chi connectivity index (χ3v) is 3.94. The second-order valence-electron chi connectivity index (χ2n) is 4.13. The molecule has 2 aromatic rings. The summed E-state index contributed by atoms with van der Waals surface area (Å²) in [5.74, 6) is 2.75. The van der Waals surface area contributed by atoms with E-state index in [4.69, 9.17) is 5.73 Å². The molecule has 0 fully saturated rings. The zero-order valence-corrected chi connectivity index (χ0v) is 11.5. The number of anilines is 1. The third-order valence-electron chi connectivity index (χ3n) is 2.82. The Labute approximate surface area is 112 Å². The fourth-order valence-corrected chi connectivity index (χ4v) is 2.60. The van der Waals surface area contributed by atoms with Crippen LogP contribution in [0.4, 0.5) is 5.82 Å². The molecular formula is C13H18N4S. The Hall–Kier alpha value is -1.49. The lowest BCUT2D eigenvalue weighted by molar-refractivity contribution is 0.615. The van der Waals surface area contributed by atoms with Gasteiger partial charge in [0.05, 0.1) is 18.2 Å². The Bertz CT molecular complexity index is 509. The average Bonchev–Trinajstić information content (AvgIpc) is 2.85. The minimum Gasteiger partial charge on any atom is -0.383 e. The Morgan fingerprint density at radius 3 is 3.06 bits per heavy atom. The van der Waals surface area contributed by atoms with Gasteiger partial charge in [-0.25, -0.2) is 9.97 Å². The van der Waals surface area contributed by atoms with E-state index in [1.54, 1.807) is 6.20 Å². The van der Waals surface area contributed by atoms with Gasteiger partial charge in [-0.3, -0.25) is 0 Å². The standard InChI is InChI=1S/C13H18N4S/c1-3-18-8-10(2)17-9-15-7-12(17)11-5-4-6-16-13(11)14/h4-7,9-10H,3,8H2,1-2H3,(H2,14,16). The van der Waals surface area contributed by atoms with Crippen molar-refractivity contribution >= 4 is 17.6 Å². The second-order valence-corrected chi connectivity index (χ2v) is 5.45. The summed E-state index contributed by atoms with van der Waals surface area (Å²) < 4.78 is 2.16. The first-order valence-electron chi connectivity index (χ1n) is 6.04. The number of nitrogen functional groups attached to an aromatic ring is 1. The van der Waals surface area contributed by atoms with Crippen LogP contribution < -0.4 is 5.73 Å². The number of imidazole rings is 1. The number of pyridine rings is 1. The van der Waals surface area contributed by atoms with E-state index in [9.17, 15) is 0 Å². The van der Waals surface area contributed by atoms with Crippen molar-refractivity contribution in [3.8, 4) is 11.3 Å². The van der Waals surface area contributed by atoms with Crippen LogP contribution in [-0.4, -0.2) is 26.0 Å². The first-order valence-corrected chi connectivity index (χ1v) is 7.20. The van der Waals surface area contributed by atoms with Crippen molar-refractivity contribution in [2.75, 3.05) is 17.2 Å². The van der Waals surface area contributed by atoms with Crippen LogP contribution in [0.5, 0.6) is 0 Å². The van der Waals surface area contributed by atoms with E-state index in [2.05, 4.69) is 28.4 Å². The fourth-order valence-electron chi connectivity index (χ4n) is 1.87. The van der Waals surface area contributed by atoms with Gasteiger partial charge in [0.25, 0.3) is 0 Å². The highest BCUT2D eigenvalue weighted by Crippen LogP contribution is 2.27. The minimum absolute atomic E-state index is 0.395. The minimum atomic E-state index is 0.395. The number of nitrogens with zero attached hydrogens (tertiary/aromatic N) is 3. The van der Waals surface area contributed by atoms with Crippen LogP contribution in [0.3, 0.4) is 0 Å². The molecule has 0 saturated heterocycles. The zero-order valence-electron chi connectivity index (χ0n) is 10.7. The van der Waals surface area contributed by atoms with Crippen LogP contribution in [0.25, 0.3) is 11.3 Å². The molecule has 0 amide bonds. The van der Waals surface area contributed by atoms with E-state index < -0.39 is 0 Å². The van der Waals surface area contributed by atoms with Gasteiger partial charge < -0.3 is 10.3 Å². The highest BCUT2D eigenvalue weighted by Gasteiger charge is 2.13. The van der Waals surface area contributed by atoms with Crippen LogP contribution in [0.15, 0.2) is 30.9 Å². The van der Waals surface area contributed by atoms with E-state index in [0.29, 0.717) is 11.9 Å². The van der Waals surface area contributed by atoms with Gasteiger partial charge in [0.1, 0.15) is 5.82 Å². The third kappa shape index (κ3) is 2.67. The van der Waals surface area contributed by atoms with Gasteiger partial charge in [-0.2, -0.15) is 11.8 Å². The summed E-state index contributed by atoms with van der Waals surface area (Å²) in [6.45, 7) is 4.37. The van der Waals surface area contributed by atoms with Crippen molar-refractivity contribution in [2.24, 2.45) is 0 Å². The Morgan fingerprint density at radius 2 is 2.33 bits per heavy atom. The highest BCUT2D eigenvalue weighted by atomic mass is 32.2. The van der Waals surface area contributed by atoms with Crippen LogP contribution in [0.2, 0.25) is 0 Å². The van der Waals surface area contributed by atoms with Crippen molar-refractivity contribution in [1.82, 2.24) is 14.5 Å². The van der Waals surface area contributed by atoms with Gasteiger partial charge in [0.15, 0.2) is 0 Å². The van der Waals surface area contributed by atoms with E-state index in [-0.39, 0.29) is 0 Å². The Kier molecular flexibility index (Phi) is 4.25. The molecule has 2 aromatic heterocycles. The normalized spacial score (nSPS) is 12.6. The largest absolute Gasteiger partial charge is 0.383 e. The molecule has 4 nitrogen and oxygen atoms in total. The molecule has 1 atom stereocenters. The molecule has 0 radical (unpaired) electrons. The fraction of sp³-hybridized carbons (Fsp3) is 0.385. The quantitative estimate of drug-likeness (QED) is 0.900. The van der Waals surface area contributed by atoms with Gasteiger partial charge in [-0.15, -0.1) is 0 Å². The summed E-state index contributed by atoms with van der Waals surface area (Å²) in [6, 6.07) is 4.27. The molecule has 2 rings (SSSR count). The average molecular weight is 262 g/mol. The predicted molar refractivity (Wildman–Crippen MR) is 77.6 cm³/mol. The Morgan fingerprint density at radius 1 is 1.50 bits per heavy atom. The smallest absolute Gasteiger partial charge is 0.132 e. The van der Waals surface area contributed by atoms with Crippen LogP contribution in [0, 0.1) is 0 Å². The number of hydrogen-bond donors (Lipinski definition) is 1. The molecule has 0 aliphatic carbocycles. The number of rotatable bonds is 5. The van der Waals surface area contributed by atoms with Gasteiger partial charge in [-0.05, 0) is 24.8 Å². The molecule has 2 heterocycles. The Balaban J connectivity index is 2.30. The van der Waals surface area contributed by atoms with Crippen molar-refractivity contribution in [2.45, 2.75) is 19.9 Å². The lowest BCUT2D eigenvalue weighted by Crippen LogP contribution is -2.09. The summed E-state index contributed by atoms with van der Waals surface area (Å²) in [5, 5.41) is 0. The summed E-state index contributed by atoms with van der Waals surface area (Å²) in [7, 11) is 0. The number of aromatic nitrogens is 3. The van der Waals surface area contributed by atoms with Gasteiger partial charge in [-0.1, -0.05) is 6.92 Å². The maximum absolute atomic E-state index is 5.92. The highest BCUT2D eigenvalue weighted by molar-refractivity contribution is 7.99. The molecule has 1 unspecified atom stereocenters. The summed E-state index contributed by atoms with van der Waals surface area (Å²) in [5.41, 5.74) is 7.90. The van der Waals surface area contributed by atoms with Gasteiger partial charge in [0.2, 0.25) is 0 Å². The van der Waals surface area contributed by atoms with Gasteiger partial charge in [0, 0.05) is 23.6 Å². The SMILES string of the molecule is CCSCC(C)n1cncc1-c1cccnc1N. The van der Waals surface area contributed by atoms with Crippen molar-refractivity contribution in [3.05, 3.63) is 30.9 Å². The molecule has 2 N–H and O–H groups in total.